The van der Waals surface area contributed by atoms with Gasteiger partial charge in [0, 0.05) is 19.3 Å². The minimum absolute atomic E-state index is 0.535. The van der Waals surface area contributed by atoms with Gasteiger partial charge in [-0.1, -0.05) is 36.0 Å². The Balaban J connectivity index is 0.000000586. The van der Waals surface area contributed by atoms with Crippen LogP contribution in [0.2, 0.25) is 0 Å². The van der Waals surface area contributed by atoms with Gasteiger partial charge in [0.2, 0.25) is 0 Å². The number of rotatable bonds is 4. The second-order valence-electron chi connectivity index (χ2n) is 9.01. The van der Waals surface area contributed by atoms with Crippen molar-refractivity contribution in [3.63, 3.8) is 0 Å². The van der Waals surface area contributed by atoms with Gasteiger partial charge in [-0.25, -0.2) is 0 Å². The summed E-state index contributed by atoms with van der Waals surface area (Å²) >= 11 is 1.48. The van der Waals surface area contributed by atoms with Crippen molar-refractivity contribution in [2.45, 2.75) is 67.5 Å². The number of benzene rings is 2. The SMILES string of the molecule is FC(F)(F)C(F)(F)C(F)(F)C(F)(F)C12CC([S+]3c4ccccc4Sc4ccccc43)(C1)C2.F[B-](F)(F)F. The Kier molecular flexibility index (Phi) is 6.42. The van der Waals surface area contributed by atoms with Crippen molar-refractivity contribution in [1.82, 2.24) is 0 Å². The molecule has 2 aromatic carbocycles. The van der Waals surface area contributed by atoms with Crippen molar-refractivity contribution in [2.75, 3.05) is 0 Å². The van der Waals surface area contributed by atoms with Gasteiger partial charge in [-0.15, -0.1) is 0 Å². The number of hydrogen-bond acceptors (Lipinski definition) is 1. The Morgan fingerprint density at radius 2 is 1.03 bits per heavy atom. The molecule has 2 aromatic rings. The molecule has 0 spiro atoms. The molecule has 3 fully saturated rings. The first-order valence-corrected chi connectivity index (χ1v) is 12.4. The van der Waals surface area contributed by atoms with Crippen LogP contribution in [-0.2, 0) is 10.9 Å². The molecule has 204 valence electrons. The van der Waals surface area contributed by atoms with Gasteiger partial charge in [-0.2, -0.15) is 39.5 Å². The first kappa shape index (κ1) is 28.3. The van der Waals surface area contributed by atoms with E-state index in [0.29, 0.717) is 0 Å². The Morgan fingerprint density at radius 1 is 0.649 bits per heavy atom. The number of hydrogen-bond donors (Lipinski definition) is 0. The van der Waals surface area contributed by atoms with Crippen LogP contribution in [0.1, 0.15) is 19.3 Å². The lowest BCUT2D eigenvalue weighted by Gasteiger charge is -2.69. The minimum atomic E-state index is -6.84. The van der Waals surface area contributed by atoms with Gasteiger partial charge in [0.25, 0.3) is 0 Å². The molecule has 4 aliphatic rings. The molecule has 3 aliphatic carbocycles. The second-order valence-corrected chi connectivity index (χ2v) is 12.5. The monoisotopic (exact) mass is 588 g/mol. The zero-order valence-corrected chi connectivity index (χ0v) is 19.7. The van der Waals surface area contributed by atoms with E-state index in [1.54, 1.807) is 24.3 Å². The van der Waals surface area contributed by atoms with Crippen LogP contribution in [0.5, 0.6) is 0 Å². The third-order valence-electron chi connectivity index (χ3n) is 6.58. The van der Waals surface area contributed by atoms with Crippen molar-refractivity contribution in [3.05, 3.63) is 48.5 Å². The fraction of sp³-hybridized carbons (Fsp3) is 0.429. The average Bonchev–Trinajstić information content (AvgIpc) is 2.68. The second kappa shape index (κ2) is 8.40. The Labute approximate surface area is 208 Å². The summed E-state index contributed by atoms with van der Waals surface area (Å²) in [6.07, 6.45) is -8.39. The van der Waals surface area contributed by atoms with Gasteiger partial charge in [-0.3, -0.25) is 0 Å². The molecule has 2 bridgehead atoms. The Hall–Kier alpha value is -1.71. The normalized spacial score (nSPS) is 25.6. The first-order chi connectivity index (χ1) is 16.7. The van der Waals surface area contributed by atoms with Gasteiger partial charge >= 0.3 is 31.2 Å². The summed E-state index contributed by atoms with van der Waals surface area (Å²) in [5.41, 5.74) is -2.58. The van der Waals surface area contributed by atoms with Gasteiger partial charge in [0.05, 0.1) is 26.1 Å². The highest BCUT2D eigenvalue weighted by Gasteiger charge is 2.94. The molecule has 16 heteroatoms. The summed E-state index contributed by atoms with van der Waals surface area (Å²) in [6.45, 7) is 0. The van der Waals surface area contributed by atoms with Crippen LogP contribution in [0.15, 0.2) is 68.1 Å². The molecular formula is C21H14BF13S2. The van der Waals surface area contributed by atoms with Crippen LogP contribution >= 0.6 is 11.8 Å². The number of alkyl halides is 9. The summed E-state index contributed by atoms with van der Waals surface area (Å²) in [5.74, 6) is -18.9. The molecule has 1 heterocycles. The summed E-state index contributed by atoms with van der Waals surface area (Å²) in [6, 6.07) is 14.5. The van der Waals surface area contributed by atoms with E-state index in [0.717, 1.165) is 19.6 Å². The maximum Gasteiger partial charge on any atom is 0.673 e. The first-order valence-electron chi connectivity index (χ1n) is 10.4. The lowest BCUT2D eigenvalue weighted by Crippen LogP contribution is -2.81. The molecule has 6 rings (SSSR count). The molecule has 37 heavy (non-hydrogen) atoms. The number of fused-ring (bicyclic) bond motifs is 2. The molecule has 0 radical (unpaired) electrons. The van der Waals surface area contributed by atoms with Crippen LogP contribution < -0.4 is 0 Å². The van der Waals surface area contributed by atoms with Crippen LogP contribution in [0, 0.1) is 5.41 Å². The smallest absolute Gasteiger partial charge is 0.418 e. The van der Waals surface area contributed by atoms with E-state index < -0.39 is 71.5 Å². The molecule has 1 aliphatic heterocycles. The van der Waals surface area contributed by atoms with Gasteiger partial charge in [-0.05, 0) is 24.3 Å². The van der Waals surface area contributed by atoms with Crippen molar-refractivity contribution in [1.29, 1.82) is 0 Å². The van der Waals surface area contributed by atoms with Crippen molar-refractivity contribution in [2.24, 2.45) is 5.41 Å². The predicted molar refractivity (Wildman–Crippen MR) is 111 cm³/mol. The summed E-state index contributed by atoms with van der Waals surface area (Å²) in [7, 11) is -6.79. The Bertz CT molecular complexity index is 1120. The van der Waals surface area contributed by atoms with Crippen LogP contribution in [0.25, 0.3) is 0 Å². The van der Waals surface area contributed by atoms with Gasteiger partial charge in [0.1, 0.15) is 4.75 Å². The van der Waals surface area contributed by atoms with E-state index >= 15 is 0 Å². The van der Waals surface area contributed by atoms with Crippen LogP contribution in [-0.4, -0.2) is 35.9 Å². The molecule has 0 aromatic heterocycles. The van der Waals surface area contributed by atoms with Crippen LogP contribution in [0.3, 0.4) is 0 Å². The van der Waals surface area contributed by atoms with E-state index in [4.69, 9.17) is 0 Å². The molecule has 0 saturated heterocycles. The van der Waals surface area contributed by atoms with E-state index in [2.05, 4.69) is 0 Å². The minimum Gasteiger partial charge on any atom is -0.418 e. The molecule has 0 amide bonds. The summed E-state index contributed by atoms with van der Waals surface area (Å²) < 4.78 is 160. The highest BCUT2D eigenvalue weighted by molar-refractivity contribution is 8.04. The fourth-order valence-electron chi connectivity index (χ4n) is 5.06. The lowest BCUT2D eigenvalue weighted by atomic mass is 9.40. The zero-order chi connectivity index (χ0) is 27.9. The Morgan fingerprint density at radius 3 is 1.41 bits per heavy atom. The van der Waals surface area contributed by atoms with Gasteiger partial charge < -0.3 is 17.3 Å². The third kappa shape index (κ3) is 4.20. The molecule has 3 saturated carbocycles. The third-order valence-corrected chi connectivity index (χ3v) is 10.9. The summed E-state index contributed by atoms with van der Waals surface area (Å²) in [5, 5.41) is 0. The zero-order valence-electron chi connectivity index (χ0n) is 18.0. The van der Waals surface area contributed by atoms with E-state index in [-0.39, 0.29) is 0 Å². The molecular weight excluding hydrogens is 574 g/mol. The highest BCUT2D eigenvalue weighted by atomic mass is 32.2. The molecule has 0 atom stereocenters. The van der Waals surface area contributed by atoms with Crippen LogP contribution in [0.4, 0.5) is 56.8 Å². The van der Waals surface area contributed by atoms with E-state index in [1.165, 1.54) is 11.8 Å². The standard InChI is InChI=1S/C21H14F9S2.BF4/c22-18(23,19(24,25)20(26,27)21(28,29)30)16-9-17(10-16,11-16)32-14-7-3-1-5-12(14)31-13-6-2-4-8-15(13)32;2-1(3,4)5/h1-8H,9-11H2;/q+1;-1. The molecule has 0 unspecified atom stereocenters. The van der Waals surface area contributed by atoms with Gasteiger partial charge in [0.15, 0.2) is 9.79 Å². The summed E-state index contributed by atoms with van der Waals surface area (Å²) in [4.78, 5) is 3.46. The quantitative estimate of drug-likeness (QED) is 0.195. The average molecular weight is 588 g/mol. The van der Waals surface area contributed by atoms with Crippen molar-refractivity contribution < 1.29 is 56.8 Å². The maximum absolute atomic E-state index is 14.7. The largest absolute Gasteiger partial charge is 0.673 e. The highest BCUT2D eigenvalue weighted by Crippen LogP contribution is 2.81. The van der Waals surface area contributed by atoms with E-state index in [9.17, 15) is 56.8 Å². The fourth-order valence-corrected chi connectivity index (χ4v) is 10.1. The van der Waals surface area contributed by atoms with E-state index in [1.807, 2.05) is 24.3 Å². The maximum atomic E-state index is 14.7. The predicted octanol–water partition coefficient (Wildman–Crippen LogP) is 8.88. The van der Waals surface area contributed by atoms with Crippen molar-refractivity contribution in [3.8, 4) is 0 Å². The molecule has 0 nitrogen and oxygen atoms in total. The van der Waals surface area contributed by atoms with Crippen molar-refractivity contribution >= 4 is 29.9 Å². The lowest BCUT2D eigenvalue weighted by molar-refractivity contribution is -0.430. The molecule has 0 N–H and O–H groups in total. The number of halogens is 13. The topological polar surface area (TPSA) is 0 Å².